The van der Waals surface area contributed by atoms with E-state index in [0.717, 1.165) is 19.3 Å². The number of unbranched alkanes of at least 4 members (excludes halogenated alkanes) is 2. The van der Waals surface area contributed by atoms with Gasteiger partial charge in [-0.15, -0.1) is 0 Å². The van der Waals surface area contributed by atoms with Gasteiger partial charge in [-0.1, -0.05) is 26.2 Å². The molecule has 0 heterocycles. The van der Waals surface area contributed by atoms with Crippen LogP contribution in [0, 0.1) is 22.6 Å². The third-order valence-corrected chi connectivity index (χ3v) is 3.24. The molecule has 0 rings (SSSR count). The molecule has 0 aromatic rings. The average Bonchev–Trinajstić information content (AvgIpc) is 2.36. The van der Waals surface area contributed by atoms with Gasteiger partial charge >= 0.3 is 11.5 Å². The Morgan fingerprint density at radius 3 is 2.53 bits per heavy atom. The Kier molecular flexibility index (Phi) is 7.73. The SMILES string of the molecule is [C-]#[N+]C(C)(C(=O)OCC)C(CCCCC)C[N+](=O)[O-]. The minimum atomic E-state index is -1.46. The van der Waals surface area contributed by atoms with Crippen LogP contribution in [0.1, 0.15) is 46.5 Å². The van der Waals surface area contributed by atoms with Crippen LogP contribution in [0.2, 0.25) is 0 Å². The minimum Gasteiger partial charge on any atom is -0.460 e. The molecule has 2 unspecified atom stereocenters. The summed E-state index contributed by atoms with van der Waals surface area (Å²) in [7, 11) is 0. The third-order valence-electron chi connectivity index (χ3n) is 3.24. The lowest BCUT2D eigenvalue weighted by atomic mass is 9.82. The van der Waals surface area contributed by atoms with E-state index in [0.29, 0.717) is 6.42 Å². The smallest absolute Gasteiger partial charge is 0.393 e. The molecule has 0 amide bonds. The first-order chi connectivity index (χ1) is 8.92. The van der Waals surface area contributed by atoms with Gasteiger partial charge in [-0.2, -0.15) is 0 Å². The molecule has 0 bridgehead atoms. The van der Waals surface area contributed by atoms with Gasteiger partial charge in [0.1, 0.15) is 5.92 Å². The van der Waals surface area contributed by atoms with Crippen LogP contribution in [0.5, 0.6) is 0 Å². The van der Waals surface area contributed by atoms with E-state index in [4.69, 9.17) is 11.3 Å². The standard InChI is InChI=1S/C13H22N2O4/c1-5-7-8-9-11(10-15(17)18)13(3,14-4)12(16)19-6-2/h11H,5-10H2,1-3H3. The highest BCUT2D eigenvalue weighted by molar-refractivity contribution is 5.83. The van der Waals surface area contributed by atoms with E-state index in [1.807, 2.05) is 6.92 Å². The fourth-order valence-corrected chi connectivity index (χ4v) is 1.95. The topological polar surface area (TPSA) is 73.8 Å². The minimum absolute atomic E-state index is 0.171. The van der Waals surface area contributed by atoms with Gasteiger partial charge in [-0.25, -0.2) is 11.4 Å². The van der Waals surface area contributed by atoms with Crippen molar-refractivity contribution in [1.82, 2.24) is 0 Å². The summed E-state index contributed by atoms with van der Waals surface area (Å²) >= 11 is 0. The molecular weight excluding hydrogens is 248 g/mol. The average molecular weight is 270 g/mol. The molecule has 0 aromatic carbocycles. The molecule has 0 aliphatic rings. The first-order valence-corrected chi connectivity index (χ1v) is 6.59. The molecule has 0 aromatic heterocycles. The van der Waals surface area contributed by atoms with Crippen LogP contribution >= 0.6 is 0 Å². The normalized spacial score (nSPS) is 15.1. The van der Waals surface area contributed by atoms with Crippen molar-refractivity contribution >= 4 is 5.97 Å². The number of hydrogen-bond acceptors (Lipinski definition) is 4. The van der Waals surface area contributed by atoms with Gasteiger partial charge in [0, 0.05) is 11.8 Å². The van der Waals surface area contributed by atoms with Gasteiger partial charge < -0.3 is 4.74 Å². The lowest BCUT2D eigenvalue weighted by Gasteiger charge is -2.22. The molecule has 19 heavy (non-hydrogen) atoms. The summed E-state index contributed by atoms with van der Waals surface area (Å²) < 4.78 is 4.89. The van der Waals surface area contributed by atoms with Crippen LogP contribution in [0.15, 0.2) is 0 Å². The molecule has 0 aliphatic carbocycles. The van der Waals surface area contributed by atoms with Crippen LogP contribution in [0.4, 0.5) is 0 Å². The number of hydrogen-bond donors (Lipinski definition) is 0. The van der Waals surface area contributed by atoms with E-state index >= 15 is 0 Å². The van der Waals surface area contributed by atoms with E-state index in [2.05, 4.69) is 4.85 Å². The zero-order chi connectivity index (χ0) is 14.9. The predicted molar refractivity (Wildman–Crippen MR) is 71.1 cm³/mol. The maximum atomic E-state index is 11.9. The van der Waals surface area contributed by atoms with Crippen molar-refractivity contribution in [2.75, 3.05) is 13.2 Å². The Morgan fingerprint density at radius 2 is 2.11 bits per heavy atom. The molecular formula is C13H22N2O4. The quantitative estimate of drug-likeness (QED) is 0.212. The fraction of sp³-hybridized carbons (Fsp3) is 0.846. The first kappa shape index (κ1) is 17.4. The highest BCUT2D eigenvalue weighted by Crippen LogP contribution is 2.29. The van der Waals surface area contributed by atoms with E-state index < -0.39 is 22.3 Å². The molecule has 0 saturated carbocycles. The van der Waals surface area contributed by atoms with Crippen molar-refractivity contribution in [1.29, 1.82) is 0 Å². The van der Waals surface area contributed by atoms with Crippen LogP contribution in [0.3, 0.4) is 0 Å². The molecule has 0 N–H and O–H groups in total. The van der Waals surface area contributed by atoms with Crippen LogP contribution in [-0.4, -0.2) is 29.6 Å². The highest BCUT2D eigenvalue weighted by Gasteiger charge is 2.51. The van der Waals surface area contributed by atoms with Gasteiger partial charge in [0.25, 0.3) is 0 Å². The Bertz CT molecular complexity index is 351. The third kappa shape index (κ3) is 5.25. The van der Waals surface area contributed by atoms with E-state index in [-0.39, 0.29) is 13.2 Å². The summed E-state index contributed by atoms with van der Waals surface area (Å²) in [4.78, 5) is 25.5. The summed E-state index contributed by atoms with van der Waals surface area (Å²) in [6.45, 7) is 12.1. The number of nitrogens with zero attached hydrogens (tertiary/aromatic N) is 2. The van der Waals surface area contributed by atoms with Gasteiger partial charge in [0.2, 0.25) is 6.54 Å². The monoisotopic (exact) mass is 270 g/mol. The Morgan fingerprint density at radius 1 is 1.47 bits per heavy atom. The summed E-state index contributed by atoms with van der Waals surface area (Å²) in [6.07, 6.45) is 3.19. The first-order valence-electron chi connectivity index (χ1n) is 6.59. The number of nitro groups is 1. The maximum absolute atomic E-state index is 11.9. The molecule has 0 saturated heterocycles. The highest BCUT2D eigenvalue weighted by atomic mass is 16.6. The predicted octanol–water partition coefficient (Wildman–Crippen LogP) is 2.70. The number of esters is 1. The second kappa shape index (κ2) is 8.46. The van der Waals surface area contributed by atoms with E-state index in [9.17, 15) is 14.9 Å². The number of carbonyl (C=O) groups excluding carboxylic acids is 1. The van der Waals surface area contributed by atoms with Crippen molar-refractivity contribution in [3.8, 4) is 0 Å². The second-order valence-corrected chi connectivity index (χ2v) is 4.69. The number of carbonyl (C=O) groups is 1. The van der Waals surface area contributed by atoms with E-state index in [1.54, 1.807) is 6.92 Å². The van der Waals surface area contributed by atoms with Gasteiger partial charge in [-0.05, 0) is 13.3 Å². The van der Waals surface area contributed by atoms with Crippen LogP contribution in [0.25, 0.3) is 4.85 Å². The summed E-state index contributed by atoms with van der Waals surface area (Å²) in [5.41, 5.74) is -1.46. The summed E-state index contributed by atoms with van der Waals surface area (Å²) in [5.74, 6) is -1.26. The fourth-order valence-electron chi connectivity index (χ4n) is 1.95. The number of rotatable bonds is 9. The molecule has 108 valence electrons. The molecule has 0 radical (unpaired) electrons. The summed E-state index contributed by atoms with van der Waals surface area (Å²) in [6, 6.07) is 0. The maximum Gasteiger partial charge on any atom is 0.393 e. The van der Waals surface area contributed by atoms with Crippen molar-refractivity contribution in [2.45, 2.75) is 52.0 Å². The Hall–Kier alpha value is -1.64. The zero-order valence-corrected chi connectivity index (χ0v) is 11.8. The van der Waals surface area contributed by atoms with Gasteiger partial charge in [-0.3, -0.25) is 15.0 Å². The molecule has 0 fully saturated rings. The zero-order valence-electron chi connectivity index (χ0n) is 11.8. The van der Waals surface area contributed by atoms with Crippen LogP contribution in [-0.2, 0) is 9.53 Å². The molecule has 6 nitrogen and oxygen atoms in total. The van der Waals surface area contributed by atoms with Crippen LogP contribution < -0.4 is 0 Å². The van der Waals surface area contributed by atoms with Crippen molar-refractivity contribution in [2.24, 2.45) is 5.92 Å². The van der Waals surface area contributed by atoms with Gasteiger partial charge in [0.15, 0.2) is 0 Å². The van der Waals surface area contributed by atoms with E-state index in [1.165, 1.54) is 6.92 Å². The molecule has 0 spiro atoms. The molecule has 6 heteroatoms. The lowest BCUT2D eigenvalue weighted by molar-refractivity contribution is -0.489. The largest absolute Gasteiger partial charge is 0.460 e. The number of ether oxygens (including phenoxy) is 1. The molecule has 0 aliphatic heterocycles. The summed E-state index contributed by atoms with van der Waals surface area (Å²) in [5, 5.41) is 10.7. The Balaban J connectivity index is 4.99. The van der Waals surface area contributed by atoms with Crippen molar-refractivity contribution in [3.05, 3.63) is 21.5 Å². The van der Waals surface area contributed by atoms with Gasteiger partial charge in [0.05, 0.1) is 6.61 Å². The van der Waals surface area contributed by atoms with Crippen molar-refractivity contribution in [3.63, 3.8) is 0 Å². The lowest BCUT2D eigenvalue weighted by Crippen LogP contribution is -2.44. The second-order valence-electron chi connectivity index (χ2n) is 4.69. The Labute approximate surface area is 114 Å². The van der Waals surface area contributed by atoms with Crippen molar-refractivity contribution < 1.29 is 14.5 Å². The molecule has 2 atom stereocenters.